The van der Waals surface area contributed by atoms with E-state index in [2.05, 4.69) is 5.32 Å². The van der Waals surface area contributed by atoms with Crippen molar-refractivity contribution >= 4 is 0 Å². The van der Waals surface area contributed by atoms with Crippen LogP contribution in [0.1, 0.15) is 38.5 Å². The first-order chi connectivity index (χ1) is 6.37. The van der Waals surface area contributed by atoms with E-state index in [1.54, 1.807) is 0 Å². The Morgan fingerprint density at radius 1 is 1.23 bits per heavy atom. The van der Waals surface area contributed by atoms with Crippen LogP contribution in [0.4, 0.5) is 0 Å². The summed E-state index contributed by atoms with van der Waals surface area (Å²) >= 11 is 0. The molecule has 0 bridgehead atoms. The van der Waals surface area contributed by atoms with Gasteiger partial charge < -0.3 is 10.1 Å². The maximum atomic E-state index is 5.82. The largest absolute Gasteiger partial charge is 0.378 e. The van der Waals surface area contributed by atoms with Crippen molar-refractivity contribution in [3.8, 4) is 0 Å². The lowest BCUT2D eigenvalue weighted by molar-refractivity contribution is -0.0785. The molecule has 13 heavy (non-hydrogen) atoms. The highest BCUT2D eigenvalue weighted by Gasteiger charge is 2.40. The summed E-state index contributed by atoms with van der Waals surface area (Å²) in [4.78, 5) is 0. The fraction of sp³-hybridized carbons (Fsp3) is 1.00. The second kappa shape index (κ2) is 3.97. The zero-order valence-corrected chi connectivity index (χ0v) is 8.64. The van der Waals surface area contributed by atoms with Crippen molar-refractivity contribution < 1.29 is 4.74 Å². The first-order valence-corrected chi connectivity index (χ1v) is 5.63. The van der Waals surface area contributed by atoms with E-state index in [0.29, 0.717) is 0 Å². The van der Waals surface area contributed by atoms with Crippen molar-refractivity contribution in [2.24, 2.45) is 5.92 Å². The number of rotatable bonds is 2. The maximum Gasteiger partial charge on any atom is 0.0719 e. The molecule has 0 spiro atoms. The standard InChI is InChI=1S/C11H21NO/c1-13-11(6-3-2-4-7-11)10-5-8-12-9-10/h10,12H,2-9H2,1H3. The summed E-state index contributed by atoms with van der Waals surface area (Å²) in [6, 6.07) is 0. The zero-order chi connectivity index (χ0) is 9.15. The molecule has 1 saturated carbocycles. The van der Waals surface area contributed by atoms with Crippen LogP contribution in [0.2, 0.25) is 0 Å². The Morgan fingerprint density at radius 3 is 2.54 bits per heavy atom. The molecule has 2 rings (SSSR count). The van der Waals surface area contributed by atoms with Crippen molar-refractivity contribution in [1.82, 2.24) is 5.32 Å². The number of methoxy groups -OCH3 is 1. The molecule has 0 radical (unpaired) electrons. The summed E-state index contributed by atoms with van der Waals surface area (Å²) in [7, 11) is 1.91. The second-order valence-electron chi connectivity index (χ2n) is 4.52. The van der Waals surface area contributed by atoms with Crippen LogP contribution in [0, 0.1) is 5.92 Å². The molecule has 1 atom stereocenters. The van der Waals surface area contributed by atoms with Crippen LogP contribution in [0.25, 0.3) is 0 Å². The van der Waals surface area contributed by atoms with E-state index in [1.807, 2.05) is 7.11 Å². The van der Waals surface area contributed by atoms with E-state index >= 15 is 0 Å². The fourth-order valence-electron chi connectivity index (χ4n) is 3.03. The minimum absolute atomic E-state index is 0.238. The van der Waals surface area contributed by atoms with Crippen LogP contribution in [-0.2, 0) is 4.74 Å². The average molecular weight is 183 g/mol. The molecule has 0 aromatic carbocycles. The first-order valence-electron chi connectivity index (χ1n) is 5.63. The van der Waals surface area contributed by atoms with Gasteiger partial charge in [-0.25, -0.2) is 0 Å². The van der Waals surface area contributed by atoms with Crippen molar-refractivity contribution in [3.05, 3.63) is 0 Å². The van der Waals surface area contributed by atoms with Crippen molar-refractivity contribution in [2.75, 3.05) is 20.2 Å². The molecule has 1 heterocycles. The third-order valence-corrected chi connectivity index (χ3v) is 3.91. The monoisotopic (exact) mass is 183 g/mol. The highest BCUT2D eigenvalue weighted by molar-refractivity contribution is 4.94. The van der Waals surface area contributed by atoms with E-state index in [4.69, 9.17) is 4.74 Å². The number of nitrogens with one attached hydrogen (secondary N) is 1. The summed E-state index contributed by atoms with van der Waals surface area (Å²) in [5.41, 5.74) is 0.238. The van der Waals surface area contributed by atoms with Gasteiger partial charge in [-0.3, -0.25) is 0 Å². The van der Waals surface area contributed by atoms with Gasteiger partial charge in [0, 0.05) is 19.6 Å². The Morgan fingerprint density at radius 2 is 2.00 bits per heavy atom. The smallest absolute Gasteiger partial charge is 0.0719 e. The Labute approximate surface area is 81.0 Å². The highest BCUT2D eigenvalue weighted by Crippen LogP contribution is 2.39. The van der Waals surface area contributed by atoms with Gasteiger partial charge in [0.15, 0.2) is 0 Å². The van der Waals surface area contributed by atoms with Gasteiger partial charge in [0.1, 0.15) is 0 Å². The van der Waals surface area contributed by atoms with E-state index in [1.165, 1.54) is 51.6 Å². The Balaban J connectivity index is 2.03. The van der Waals surface area contributed by atoms with E-state index in [9.17, 15) is 0 Å². The SMILES string of the molecule is COC1(C2CCNC2)CCCCC1. The molecule has 1 aliphatic carbocycles. The highest BCUT2D eigenvalue weighted by atomic mass is 16.5. The first kappa shape index (κ1) is 9.47. The minimum atomic E-state index is 0.238. The number of ether oxygens (including phenoxy) is 1. The summed E-state index contributed by atoms with van der Waals surface area (Å²) in [5, 5.41) is 3.45. The summed E-state index contributed by atoms with van der Waals surface area (Å²) < 4.78 is 5.82. The molecule has 0 aromatic rings. The van der Waals surface area contributed by atoms with E-state index in [-0.39, 0.29) is 5.60 Å². The van der Waals surface area contributed by atoms with Gasteiger partial charge >= 0.3 is 0 Å². The van der Waals surface area contributed by atoms with Gasteiger partial charge in [-0.1, -0.05) is 19.3 Å². The van der Waals surface area contributed by atoms with Gasteiger partial charge in [0.05, 0.1) is 5.60 Å². The molecule has 76 valence electrons. The van der Waals surface area contributed by atoms with Crippen molar-refractivity contribution in [1.29, 1.82) is 0 Å². The third-order valence-electron chi connectivity index (χ3n) is 3.91. The van der Waals surface area contributed by atoms with Gasteiger partial charge in [-0.15, -0.1) is 0 Å². The van der Waals surface area contributed by atoms with Gasteiger partial charge in [0.25, 0.3) is 0 Å². The molecule has 1 unspecified atom stereocenters. The second-order valence-corrected chi connectivity index (χ2v) is 4.52. The van der Waals surface area contributed by atoms with Gasteiger partial charge in [-0.2, -0.15) is 0 Å². The molecule has 2 nitrogen and oxygen atoms in total. The van der Waals surface area contributed by atoms with Crippen molar-refractivity contribution in [2.45, 2.75) is 44.1 Å². The molecule has 2 heteroatoms. The van der Waals surface area contributed by atoms with Gasteiger partial charge in [0.2, 0.25) is 0 Å². The summed E-state index contributed by atoms with van der Waals surface area (Å²) in [5.74, 6) is 0.776. The predicted molar refractivity (Wildman–Crippen MR) is 53.8 cm³/mol. The fourth-order valence-corrected chi connectivity index (χ4v) is 3.03. The molecular weight excluding hydrogens is 162 g/mol. The molecule has 2 aliphatic rings. The minimum Gasteiger partial charge on any atom is -0.378 e. The quantitative estimate of drug-likeness (QED) is 0.706. The Kier molecular flexibility index (Phi) is 2.89. The summed E-state index contributed by atoms with van der Waals surface area (Å²) in [6.07, 6.45) is 8.03. The van der Waals surface area contributed by atoms with Crippen molar-refractivity contribution in [3.63, 3.8) is 0 Å². The lowest BCUT2D eigenvalue weighted by atomic mass is 9.75. The normalized spacial score (nSPS) is 33.5. The molecule has 2 fully saturated rings. The average Bonchev–Trinajstić information content (AvgIpc) is 2.72. The predicted octanol–water partition coefficient (Wildman–Crippen LogP) is 1.95. The number of hydrogen-bond donors (Lipinski definition) is 1. The Bertz CT molecular complexity index is 157. The molecule has 1 saturated heterocycles. The van der Waals surface area contributed by atoms with E-state index in [0.717, 1.165) is 5.92 Å². The number of hydrogen-bond acceptors (Lipinski definition) is 2. The Hall–Kier alpha value is -0.0800. The molecular formula is C11H21NO. The molecule has 1 aliphatic heterocycles. The molecule has 0 amide bonds. The lowest BCUT2D eigenvalue weighted by Gasteiger charge is -2.40. The van der Waals surface area contributed by atoms with Crippen LogP contribution in [0.5, 0.6) is 0 Å². The third kappa shape index (κ3) is 1.75. The van der Waals surface area contributed by atoms with Crippen LogP contribution < -0.4 is 5.32 Å². The van der Waals surface area contributed by atoms with Crippen LogP contribution >= 0.6 is 0 Å². The maximum absolute atomic E-state index is 5.82. The topological polar surface area (TPSA) is 21.3 Å². The molecule has 0 aromatic heterocycles. The summed E-state index contributed by atoms with van der Waals surface area (Å²) in [6.45, 7) is 2.36. The van der Waals surface area contributed by atoms with Crippen LogP contribution in [-0.4, -0.2) is 25.8 Å². The van der Waals surface area contributed by atoms with Crippen LogP contribution in [0.15, 0.2) is 0 Å². The zero-order valence-electron chi connectivity index (χ0n) is 8.64. The van der Waals surface area contributed by atoms with Crippen LogP contribution in [0.3, 0.4) is 0 Å². The lowest BCUT2D eigenvalue weighted by Crippen LogP contribution is -2.42. The van der Waals surface area contributed by atoms with E-state index < -0.39 is 0 Å². The molecule has 1 N–H and O–H groups in total. The van der Waals surface area contributed by atoms with Gasteiger partial charge in [-0.05, 0) is 25.8 Å².